The molecular weight excluding hydrogens is 238 g/mol. The second kappa shape index (κ2) is 7.83. The molecule has 2 N–H and O–H groups in total. The van der Waals surface area contributed by atoms with Crippen LogP contribution in [0.5, 0.6) is 5.75 Å². The van der Waals surface area contributed by atoms with Gasteiger partial charge in [0, 0.05) is 11.1 Å². The molecule has 3 heteroatoms. The molecule has 1 atom stereocenters. The minimum absolute atomic E-state index is 0.212. The highest BCUT2D eigenvalue weighted by molar-refractivity contribution is 5.44. The first-order valence-electron chi connectivity index (χ1n) is 6.56. The van der Waals surface area contributed by atoms with Crippen molar-refractivity contribution in [1.29, 1.82) is 0 Å². The quantitative estimate of drug-likeness (QED) is 0.829. The van der Waals surface area contributed by atoms with Gasteiger partial charge in [-0.2, -0.15) is 0 Å². The monoisotopic (exact) mass is 261 g/mol. The highest BCUT2D eigenvalue weighted by atomic mass is 16.5. The third-order valence-corrected chi connectivity index (χ3v) is 3.06. The Kier molecular flexibility index (Phi) is 6.41. The van der Waals surface area contributed by atoms with Gasteiger partial charge < -0.3 is 15.2 Å². The lowest BCUT2D eigenvalue weighted by Crippen LogP contribution is -2.15. The number of hydrogen-bond acceptors (Lipinski definition) is 3. The Bertz CT molecular complexity index is 458. The zero-order valence-electron chi connectivity index (χ0n) is 12.2. The van der Waals surface area contributed by atoms with Gasteiger partial charge in [0.1, 0.15) is 5.75 Å². The average molecular weight is 261 g/mol. The van der Waals surface area contributed by atoms with Crippen molar-refractivity contribution in [2.24, 2.45) is 11.7 Å². The van der Waals surface area contributed by atoms with Crippen molar-refractivity contribution in [3.05, 3.63) is 29.3 Å². The van der Waals surface area contributed by atoms with Gasteiger partial charge in [0.25, 0.3) is 0 Å². The molecule has 0 spiro atoms. The molecule has 1 unspecified atom stereocenters. The maximum absolute atomic E-state index is 5.84. The van der Waals surface area contributed by atoms with Crippen molar-refractivity contribution >= 4 is 0 Å². The summed E-state index contributed by atoms with van der Waals surface area (Å²) >= 11 is 0. The number of hydrogen-bond donors (Lipinski definition) is 1. The molecule has 0 amide bonds. The van der Waals surface area contributed by atoms with Crippen LogP contribution in [-0.2, 0) is 11.3 Å². The molecule has 0 heterocycles. The first-order valence-corrected chi connectivity index (χ1v) is 6.56. The number of ether oxygens (including phenoxy) is 2. The van der Waals surface area contributed by atoms with Gasteiger partial charge in [-0.05, 0) is 31.0 Å². The smallest absolute Gasteiger partial charge is 0.124 e. The van der Waals surface area contributed by atoms with Crippen LogP contribution in [0, 0.1) is 17.8 Å². The normalized spacial score (nSPS) is 11.9. The maximum Gasteiger partial charge on any atom is 0.124 e. The predicted octanol–water partition coefficient (Wildman–Crippen LogP) is 2.57. The summed E-state index contributed by atoms with van der Waals surface area (Å²) in [4.78, 5) is 0. The van der Waals surface area contributed by atoms with Crippen LogP contribution in [0.4, 0.5) is 0 Å². The van der Waals surface area contributed by atoms with Crippen molar-refractivity contribution in [3.63, 3.8) is 0 Å². The van der Waals surface area contributed by atoms with Crippen molar-refractivity contribution < 1.29 is 9.47 Å². The summed E-state index contributed by atoms with van der Waals surface area (Å²) in [5, 5.41) is 0. The minimum Gasteiger partial charge on any atom is -0.496 e. The minimum atomic E-state index is 0.212. The number of nitrogens with two attached hydrogens (primary N) is 1. The Balaban J connectivity index is 2.84. The van der Waals surface area contributed by atoms with Crippen molar-refractivity contribution in [2.45, 2.75) is 33.5 Å². The van der Waals surface area contributed by atoms with Crippen LogP contribution in [0.3, 0.4) is 0 Å². The maximum atomic E-state index is 5.84. The topological polar surface area (TPSA) is 44.5 Å². The summed E-state index contributed by atoms with van der Waals surface area (Å²) in [6.07, 6.45) is 0.212. The molecule has 0 aromatic heterocycles. The van der Waals surface area contributed by atoms with Crippen LogP contribution >= 0.6 is 0 Å². The number of benzene rings is 1. The van der Waals surface area contributed by atoms with Crippen LogP contribution in [-0.4, -0.2) is 19.8 Å². The van der Waals surface area contributed by atoms with E-state index in [4.69, 9.17) is 15.2 Å². The van der Waals surface area contributed by atoms with E-state index in [0.29, 0.717) is 19.1 Å². The molecule has 0 aliphatic carbocycles. The summed E-state index contributed by atoms with van der Waals surface area (Å²) in [6, 6.07) is 5.84. The lowest BCUT2D eigenvalue weighted by atomic mass is 10.1. The fraction of sp³-hybridized carbons (Fsp3) is 0.500. The molecular formula is C16H23NO2. The third-order valence-electron chi connectivity index (χ3n) is 3.06. The molecule has 3 nitrogen and oxygen atoms in total. The van der Waals surface area contributed by atoms with Crippen molar-refractivity contribution in [1.82, 2.24) is 0 Å². The van der Waals surface area contributed by atoms with E-state index in [-0.39, 0.29) is 6.10 Å². The summed E-state index contributed by atoms with van der Waals surface area (Å²) in [5.74, 6) is 7.19. The fourth-order valence-corrected chi connectivity index (χ4v) is 1.54. The standard InChI is InChI=1S/C16H23NO2/c1-12(2)13(3)19-11-15-10-14(6-5-9-17)7-8-16(15)18-4/h7-8,10,12-13H,9,11,17H2,1-4H3. The zero-order valence-corrected chi connectivity index (χ0v) is 12.2. The first-order chi connectivity index (χ1) is 9.08. The van der Waals surface area contributed by atoms with Crippen LogP contribution in [0.15, 0.2) is 18.2 Å². The van der Waals surface area contributed by atoms with E-state index >= 15 is 0 Å². The highest BCUT2D eigenvalue weighted by Gasteiger charge is 2.10. The second-order valence-corrected chi connectivity index (χ2v) is 4.79. The van der Waals surface area contributed by atoms with E-state index in [1.807, 2.05) is 18.2 Å². The van der Waals surface area contributed by atoms with Gasteiger partial charge in [-0.1, -0.05) is 25.7 Å². The lowest BCUT2D eigenvalue weighted by Gasteiger charge is -2.17. The predicted molar refractivity (Wildman–Crippen MR) is 78.0 cm³/mol. The largest absolute Gasteiger partial charge is 0.496 e. The van der Waals surface area contributed by atoms with E-state index in [1.165, 1.54) is 0 Å². The van der Waals surface area contributed by atoms with E-state index in [0.717, 1.165) is 16.9 Å². The summed E-state index contributed by atoms with van der Waals surface area (Å²) in [7, 11) is 1.66. The van der Waals surface area contributed by atoms with Crippen LogP contribution in [0.2, 0.25) is 0 Å². The van der Waals surface area contributed by atoms with Crippen molar-refractivity contribution in [3.8, 4) is 17.6 Å². The molecule has 0 bridgehead atoms. The average Bonchev–Trinajstić information content (AvgIpc) is 2.42. The van der Waals surface area contributed by atoms with Gasteiger partial charge in [-0.3, -0.25) is 0 Å². The fourth-order valence-electron chi connectivity index (χ4n) is 1.54. The Morgan fingerprint density at radius 1 is 1.26 bits per heavy atom. The van der Waals surface area contributed by atoms with Gasteiger partial charge in [-0.15, -0.1) is 0 Å². The highest BCUT2D eigenvalue weighted by Crippen LogP contribution is 2.21. The van der Waals surface area contributed by atoms with Crippen molar-refractivity contribution in [2.75, 3.05) is 13.7 Å². The number of methoxy groups -OCH3 is 1. The summed E-state index contributed by atoms with van der Waals surface area (Å²) in [6.45, 7) is 7.26. The van der Waals surface area contributed by atoms with Gasteiger partial charge in [0.15, 0.2) is 0 Å². The Labute approximate surface area is 116 Å². The molecule has 0 aliphatic rings. The van der Waals surface area contributed by atoms with E-state index in [9.17, 15) is 0 Å². The molecule has 0 fully saturated rings. The van der Waals surface area contributed by atoms with Gasteiger partial charge in [-0.25, -0.2) is 0 Å². The van der Waals surface area contributed by atoms with Crippen LogP contribution < -0.4 is 10.5 Å². The van der Waals surface area contributed by atoms with Crippen LogP contribution in [0.1, 0.15) is 31.9 Å². The van der Waals surface area contributed by atoms with Crippen LogP contribution in [0.25, 0.3) is 0 Å². The Hall–Kier alpha value is -1.50. The van der Waals surface area contributed by atoms with Gasteiger partial charge in [0.05, 0.1) is 26.4 Å². The zero-order chi connectivity index (χ0) is 14.3. The van der Waals surface area contributed by atoms with Gasteiger partial charge >= 0.3 is 0 Å². The molecule has 1 aromatic carbocycles. The SMILES string of the molecule is COc1ccc(C#CCN)cc1COC(C)C(C)C. The summed E-state index contributed by atoms with van der Waals surface area (Å²) in [5.41, 5.74) is 7.32. The molecule has 0 saturated heterocycles. The second-order valence-electron chi connectivity index (χ2n) is 4.79. The molecule has 0 aliphatic heterocycles. The Morgan fingerprint density at radius 3 is 2.58 bits per heavy atom. The van der Waals surface area contributed by atoms with E-state index in [2.05, 4.69) is 32.6 Å². The molecule has 1 aromatic rings. The van der Waals surface area contributed by atoms with E-state index < -0.39 is 0 Å². The molecule has 104 valence electrons. The third kappa shape index (κ3) is 4.94. The Morgan fingerprint density at radius 2 is 2.00 bits per heavy atom. The summed E-state index contributed by atoms with van der Waals surface area (Å²) < 4.78 is 11.2. The molecule has 0 radical (unpaired) electrons. The van der Waals surface area contributed by atoms with E-state index in [1.54, 1.807) is 7.11 Å². The first kappa shape index (κ1) is 15.6. The molecule has 19 heavy (non-hydrogen) atoms. The van der Waals surface area contributed by atoms with Gasteiger partial charge in [0.2, 0.25) is 0 Å². The lowest BCUT2D eigenvalue weighted by molar-refractivity contribution is 0.0226. The molecule has 0 saturated carbocycles. The number of rotatable bonds is 5. The molecule has 1 rings (SSSR count).